The Labute approximate surface area is 150 Å². The SMILES string of the molecule is OCc1cc2c(s1)CCCC2.[N-]=[N+]=NCc1cc2c(s1)CCCC2. The highest BCUT2D eigenvalue weighted by molar-refractivity contribution is 7.12. The van der Waals surface area contributed by atoms with Crippen LogP contribution in [0.3, 0.4) is 0 Å². The molecular weight excluding hydrogens is 338 g/mol. The third-order valence-electron chi connectivity index (χ3n) is 4.54. The molecule has 0 saturated heterocycles. The van der Waals surface area contributed by atoms with E-state index in [2.05, 4.69) is 22.2 Å². The van der Waals surface area contributed by atoms with Gasteiger partial charge in [-0.25, -0.2) is 0 Å². The van der Waals surface area contributed by atoms with Gasteiger partial charge in [0, 0.05) is 24.4 Å². The molecule has 0 aromatic carbocycles. The first-order valence-corrected chi connectivity index (χ1v) is 10.3. The predicted octanol–water partition coefficient (Wildman–Crippen LogP) is 5.56. The molecule has 4 nitrogen and oxygen atoms in total. The molecule has 0 aliphatic heterocycles. The number of hydrogen-bond acceptors (Lipinski definition) is 4. The lowest BCUT2D eigenvalue weighted by Crippen LogP contribution is -1.96. The maximum absolute atomic E-state index is 8.90. The summed E-state index contributed by atoms with van der Waals surface area (Å²) in [5, 5.41) is 12.5. The second-order valence-corrected chi connectivity index (χ2v) is 8.73. The lowest BCUT2D eigenvalue weighted by Gasteiger charge is -2.08. The Balaban J connectivity index is 0.000000143. The molecule has 0 saturated carbocycles. The fourth-order valence-electron chi connectivity index (χ4n) is 3.36. The van der Waals surface area contributed by atoms with Gasteiger partial charge in [-0.1, -0.05) is 5.11 Å². The van der Waals surface area contributed by atoms with E-state index < -0.39 is 0 Å². The Kier molecular flexibility index (Phi) is 6.32. The Morgan fingerprint density at radius 3 is 2.00 bits per heavy atom. The molecule has 128 valence electrons. The highest BCUT2D eigenvalue weighted by Gasteiger charge is 2.13. The van der Waals surface area contributed by atoms with Crippen molar-refractivity contribution in [1.82, 2.24) is 0 Å². The summed E-state index contributed by atoms with van der Waals surface area (Å²) >= 11 is 3.60. The quantitative estimate of drug-likeness (QED) is 0.434. The van der Waals surface area contributed by atoms with Gasteiger partial charge in [0.15, 0.2) is 0 Å². The number of aliphatic hydroxyl groups excluding tert-OH is 1. The van der Waals surface area contributed by atoms with Crippen LogP contribution in [-0.4, -0.2) is 5.11 Å². The van der Waals surface area contributed by atoms with Crippen LogP contribution in [-0.2, 0) is 38.8 Å². The molecule has 2 heterocycles. The second-order valence-electron chi connectivity index (χ2n) is 6.28. The first kappa shape index (κ1) is 17.5. The van der Waals surface area contributed by atoms with Crippen LogP contribution in [0.4, 0.5) is 0 Å². The summed E-state index contributed by atoms with van der Waals surface area (Å²) in [6.45, 7) is 0.742. The van der Waals surface area contributed by atoms with E-state index in [9.17, 15) is 0 Å². The molecule has 0 amide bonds. The molecule has 6 heteroatoms. The molecule has 0 atom stereocenters. The van der Waals surface area contributed by atoms with Crippen molar-refractivity contribution in [2.75, 3.05) is 0 Å². The Hall–Kier alpha value is -1.33. The maximum Gasteiger partial charge on any atom is 0.0774 e. The average molecular weight is 362 g/mol. The molecule has 0 spiro atoms. The van der Waals surface area contributed by atoms with Gasteiger partial charge in [0.2, 0.25) is 0 Å². The van der Waals surface area contributed by atoms with Gasteiger partial charge in [0.05, 0.1) is 13.2 Å². The molecule has 4 rings (SSSR count). The van der Waals surface area contributed by atoms with Gasteiger partial charge in [0.1, 0.15) is 0 Å². The number of thiophene rings is 2. The van der Waals surface area contributed by atoms with Gasteiger partial charge in [0.25, 0.3) is 0 Å². The van der Waals surface area contributed by atoms with Crippen LogP contribution in [0, 0.1) is 0 Å². The number of rotatable bonds is 3. The van der Waals surface area contributed by atoms with Crippen LogP contribution in [0.1, 0.15) is 56.3 Å². The van der Waals surface area contributed by atoms with Crippen LogP contribution in [0.5, 0.6) is 0 Å². The van der Waals surface area contributed by atoms with Gasteiger partial charge in [-0.15, -0.1) is 22.7 Å². The monoisotopic (exact) mass is 361 g/mol. The molecule has 1 N–H and O–H groups in total. The fraction of sp³-hybridized carbons (Fsp3) is 0.556. The van der Waals surface area contributed by atoms with Crippen molar-refractivity contribution in [3.63, 3.8) is 0 Å². The van der Waals surface area contributed by atoms with E-state index in [4.69, 9.17) is 10.6 Å². The molecule has 2 aromatic rings. The molecule has 0 fully saturated rings. The first-order chi connectivity index (χ1) is 11.8. The Bertz CT molecular complexity index is 682. The van der Waals surface area contributed by atoms with E-state index in [0.29, 0.717) is 6.54 Å². The second kappa shape index (κ2) is 8.67. The van der Waals surface area contributed by atoms with Crippen LogP contribution in [0.15, 0.2) is 17.2 Å². The standard InChI is InChI=1S/C9H11N3S.C9H12OS/c10-12-11-6-8-5-7-3-1-2-4-9(7)13-8;10-6-8-5-7-3-1-2-4-9(7)11-8/h5H,1-4,6H2;5,10H,1-4,6H2. The van der Waals surface area contributed by atoms with Crippen LogP contribution >= 0.6 is 22.7 Å². The third kappa shape index (κ3) is 4.39. The number of aryl methyl sites for hydroxylation is 4. The van der Waals surface area contributed by atoms with E-state index >= 15 is 0 Å². The van der Waals surface area contributed by atoms with Crippen LogP contribution in [0.25, 0.3) is 10.4 Å². The predicted molar refractivity (Wildman–Crippen MR) is 101 cm³/mol. The molecule has 24 heavy (non-hydrogen) atoms. The summed E-state index contributed by atoms with van der Waals surface area (Å²) in [4.78, 5) is 8.14. The summed E-state index contributed by atoms with van der Waals surface area (Å²) in [5.74, 6) is 0. The number of hydrogen-bond donors (Lipinski definition) is 1. The molecule has 0 bridgehead atoms. The lowest BCUT2D eigenvalue weighted by atomic mass is 9.99. The molecular formula is C18H23N3OS2. The topological polar surface area (TPSA) is 69.0 Å². The van der Waals surface area contributed by atoms with Crippen LogP contribution in [0.2, 0.25) is 0 Å². The molecule has 2 aliphatic rings. The Morgan fingerprint density at radius 2 is 1.46 bits per heavy atom. The van der Waals surface area contributed by atoms with Crippen molar-refractivity contribution >= 4 is 22.7 Å². The smallest absolute Gasteiger partial charge is 0.0774 e. The van der Waals surface area contributed by atoms with Crippen molar-refractivity contribution in [2.45, 2.75) is 64.5 Å². The fourth-order valence-corrected chi connectivity index (χ4v) is 5.66. The Morgan fingerprint density at radius 1 is 0.917 bits per heavy atom. The minimum atomic E-state index is 0.220. The van der Waals surface area contributed by atoms with Crippen molar-refractivity contribution < 1.29 is 5.11 Å². The zero-order valence-electron chi connectivity index (χ0n) is 13.8. The van der Waals surface area contributed by atoms with E-state index in [1.54, 1.807) is 11.3 Å². The van der Waals surface area contributed by atoms with Gasteiger partial charge in [-0.2, -0.15) is 0 Å². The zero-order chi connectivity index (χ0) is 16.8. The molecule has 2 aromatic heterocycles. The summed E-state index contributed by atoms with van der Waals surface area (Å²) in [5.41, 5.74) is 11.2. The van der Waals surface area contributed by atoms with Gasteiger partial charge in [-0.05, 0) is 80.2 Å². The van der Waals surface area contributed by atoms with Crippen LogP contribution < -0.4 is 0 Å². The van der Waals surface area contributed by atoms with E-state index in [1.165, 1.54) is 77.1 Å². The summed E-state index contributed by atoms with van der Waals surface area (Å²) in [6, 6.07) is 4.37. The normalized spacial score (nSPS) is 15.5. The first-order valence-electron chi connectivity index (χ1n) is 8.62. The highest BCUT2D eigenvalue weighted by Crippen LogP contribution is 2.30. The van der Waals surface area contributed by atoms with E-state index in [0.717, 1.165) is 4.88 Å². The summed E-state index contributed by atoms with van der Waals surface area (Å²) in [6.07, 6.45) is 10.2. The molecule has 2 aliphatic carbocycles. The average Bonchev–Trinajstić information content (AvgIpc) is 3.23. The molecule has 0 radical (unpaired) electrons. The van der Waals surface area contributed by atoms with Gasteiger partial charge < -0.3 is 5.11 Å². The largest absolute Gasteiger partial charge is 0.391 e. The number of aliphatic hydroxyl groups is 1. The minimum absolute atomic E-state index is 0.220. The van der Waals surface area contributed by atoms with Crippen molar-refractivity contribution in [1.29, 1.82) is 0 Å². The lowest BCUT2D eigenvalue weighted by molar-refractivity contribution is 0.285. The van der Waals surface area contributed by atoms with Crippen molar-refractivity contribution in [3.8, 4) is 0 Å². The summed E-state index contributed by atoms with van der Waals surface area (Å²) in [7, 11) is 0. The summed E-state index contributed by atoms with van der Waals surface area (Å²) < 4.78 is 0. The minimum Gasteiger partial charge on any atom is -0.391 e. The van der Waals surface area contributed by atoms with Crippen molar-refractivity contribution in [3.05, 3.63) is 53.2 Å². The van der Waals surface area contributed by atoms with Crippen molar-refractivity contribution in [2.24, 2.45) is 5.11 Å². The number of fused-ring (bicyclic) bond motifs is 2. The third-order valence-corrected chi connectivity index (χ3v) is 6.98. The number of azide groups is 1. The van der Waals surface area contributed by atoms with E-state index in [1.807, 2.05) is 11.3 Å². The highest BCUT2D eigenvalue weighted by atomic mass is 32.1. The van der Waals surface area contributed by atoms with E-state index in [-0.39, 0.29) is 6.61 Å². The maximum atomic E-state index is 8.90. The molecule has 0 unspecified atom stereocenters. The van der Waals surface area contributed by atoms with Gasteiger partial charge in [-0.3, -0.25) is 0 Å². The zero-order valence-corrected chi connectivity index (χ0v) is 15.5. The number of nitrogens with zero attached hydrogens (tertiary/aromatic N) is 3. The van der Waals surface area contributed by atoms with Gasteiger partial charge >= 0.3 is 0 Å².